The number of likely N-dealkylation sites (tertiary alicyclic amines) is 1. The number of nitrogens with zero attached hydrogens (tertiary/aromatic N) is 1. The van der Waals surface area contributed by atoms with Crippen LogP contribution in [0.15, 0.2) is 42.5 Å². The number of benzene rings is 2. The molecule has 1 saturated heterocycles. The SMILES string of the molecule is C[C@@H]1CN(C(=O)c2ccc(-c3ccc(F)cc3)cc2F)C[C@H]1C(=O)O. The zero-order chi connectivity index (χ0) is 18.1. The van der Waals surface area contributed by atoms with Gasteiger partial charge in [0.05, 0.1) is 11.5 Å². The van der Waals surface area contributed by atoms with Gasteiger partial charge in [-0.1, -0.05) is 25.1 Å². The van der Waals surface area contributed by atoms with Crippen molar-refractivity contribution in [2.24, 2.45) is 11.8 Å². The standard InChI is InChI=1S/C19H17F2NO3/c1-11-9-22(10-16(11)19(24)25)18(23)15-7-4-13(8-17(15)21)12-2-5-14(20)6-3-12/h2-8,11,16H,9-10H2,1H3,(H,24,25)/t11-,16-/m1/s1. The van der Waals surface area contributed by atoms with Gasteiger partial charge in [-0.3, -0.25) is 9.59 Å². The van der Waals surface area contributed by atoms with Gasteiger partial charge in [-0.2, -0.15) is 0 Å². The summed E-state index contributed by atoms with van der Waals surface area (Å²) in [5.41, 5.74) is 1.08. The molecule has 1 heterocycles. The lowest BCUT2D eigenvalue weighted by Gasteiger charge is -2.16. The van der Waals surface area contributed by atoms with Crippen molar-refractivity contribution in [2.45, 2.75) is 6.92 Å². The summed E-state index contributed by atoms with van der Waals surface area (Å²) in [5, 5.41) is 9.15. The van der Waals surface area contributed by atoms with E-state index < -0.39 is 23.6 Å². The molecule has 25 heavy (non-hydrogen) atoms. The maximum atomic E-state index is 14.4. The largest absolute Gasteiger partial charge is 0.481 e. The highest BCUT2D eigenvalue weighted by molar-refractivity contribution is 5.95. The Balaban J connectivity index is 1.82. The molecule has 0 aromatic heterocycles. The summed E-state index contributed by atoms with van der Waals surface area (Å²) in [4.78, 5) is 25.1. The second-order valence-corrected chi connectivity index (χ2v) is 6.33. The number of halogens is 2. The summed E-state index contributed by atoms with van der Waals surface area (Å²) >= 11 is 0. The van der Waals surface area contributed by atoms with Crippen LogP contribution in [0.1, 0.15) is 17.3 Å². The molecule has 130 valence electrons. The minimum Gasteiger partial charge on any atom is -0.481 e. The van der Waals surface area contributed by atoms with Crippen LogP contribution in [0.4, 0.5) is 8.78 Å². The monoisotopic (exact) mass is 345 g/mol. The molecule has 1 fully saturated rings. The topological polar surface area (TPSA) is 57.6 Å². The Morgan fingerprint density at radius 1 is 1.04 bits per heavy atom. The van der Waals surface area contributed by atoms with Crippen molar-refractivity contribution in [1.29, 1.82) is 0 Å². The quantitative estimate of drug-likeness (QED) is 0.927. The maximum Gasteiger partial charge on any atom is 0.308 e. The van der Waals surface area contributed by atoms with E-state index in [1.807, 2.05) is 0 Å². The van der Waals surface area contributed by atoms with Gasteiger partial charge in [-0.15, -0.1) is 0 Å². The molecule has 1 amide bonds. The van der Waals surface area contributed by atoms with E-state index in [9.17, 15) is 18.4 Å². The molecule has 0 unspecified atom stereocenters. The van der Waals surface area contributed by atoms with E-state index in [1.165, 1.54) is 41.3 Å². The fourth-order valence-electron chi connectivity index (χ4n) is 3.13. The molecule has 6 heteroatoms. The molecule has 0 spiro atoms. The molecule has 2 aromatic rings. The van der Waals surface area contributed by atoms with Crippen LogP contribution in [0, 0.1) is 23.5 Å². The zero-order valence-corrected chi connectivity index (χ0v) is 13.6. The highest BCUT2D eigenvalue weighted by Crippen LogP contribution is 2.27. The molecular weight excluding hydrogens is 328 g/mol. The number of carboxylic acids is 1. The summed E-state index contributed by atoms with van der Waals surface area (Å²) < 4.78 is 27.4. The molecule has 0 bridgehead atoms. The summed E-state index contributed by atoms with van der Waals surface area (Å²) in [6, 6.07) is 9.84. The Morgan fingerprint density at radius 2 is 1.68 bits per heavy atom. The van der Waals surface area contributed by atoms with E-state index >= 15 is 0 Å². The number of aliphatic carboxylic acids is 1. The van der Waals surface area contributed by atoms with Crippen molar-refractivity contribution in [2.75, 3.05) is 13.1 Å². The van der Waals surface area contributed by atoms with Gasteiger partial charge in [-0.05, 0) is 41.3 Å². The predicted molar refractivity (Wildman–Crippen MR) is 88.0 cm³/mol. The number of hydrogen-bond donors (Lipinski definition) is 1. The van der Waals surface area contributed by atoms with E-state index in [-0.39, 0.29) is 30.4 Å². The lowest BCUT2D eigenvalue weighted by Crippen LogP contribution is -2.30. The fraction of sp³-hybridized carbons (Fsp3) is 0.263. The van der Waals surface area contributed by atoms with E-state index in [0.717, 1.165) is 0 Å². The highest BCUT2D eigenvalue weighted by atomic mass is 19.1. The first-order chi connectivity index (χ1) is 11.9. The van der Waals surface area contributed by atoms with Crippen LogP contribution >= 0.6 is 0 Å². The third-order valence-corrected chi connectivity index (χ3v) is 4.59. The first-order valence-electron chi connectivity index (χ1n) is 7.94. The maximum absolute atomic E-state index is 14.4. The second kappa shape index (κ2) is 6.63. The highest BCUT2D eigenvalue weighted by Gasteiger charge is 2.37. The minimum atomic E-state index is -0.949. The Kier molecular flexibility index (Phi) is 4.53. The second-order valence-electron chi connectivity index (χ2n) is 6.33. The van der Waals surface area contributed by atoms with Gasteiger partial charge in [0.2, 0.25) is 0 Å². The molecule has 0 radical (unpaired) electrons. The van der Waals surface area contributed by atoms with E-state index in [0.29, 0.717) is 11.1 Å². The first-order valence-corrected chi connectivity index (χ1v) is 7.94. The van der Waals surface area contributed by atoms with E-state index in [2.05, 4.69) is 0 Å². The van der Waals surface area contributed by atoms with Crippen LogP contribution in [0.5, 0.6) is 0 Å². The third kappa shape index (κ3) is 3.38. The first kappa shape index (κ1) is 17.1. The Labute approximate surface area is 143 Å². The molecule has 2 aromatic carbocycles. The summed E-state index contributed by atoms with van der Waals surface area (Å²) in [5.74, 6) is -3.34. The molecule has 3 rings (SSSR count). The molecule has 0 saturated carbocycles. The Hall–Kier alpha value is -2.76. The van der Waals surface area contributed by atoms with Crippen LogP contribution in [-0.4, -0.2) is 35.0 Å². The summed E-state index contributed by atoms with van der Waals surface area (Å²) in [7, 11) is 0. The van der Waals surface area contributed by atoms with Gasteiger partial charge >= 0.3 is 5.97 Å². The molecule has 4 nitrogen and oxygen atoms in total. The Morgan fingerprint density at radius 3 is 2.24 bits per heavy atom. The fourth-order valence-corrected chi connectivity index (χ4v) is 3.13. The smallest absolute Gasteiger partial charge is 0.308 e. The van der Waals surface area contributed by atoms with Crippen LogP contribution in [0.2, 0.25) is 0 Å². The van der Waals surface area contributed by atoms with Crippen molar-refractivity contribution in [3.8, 4) is 11.1 Å². The van der Waals surface area contributed by atoms with Gasteiger partial charge in [0.15, 0.2) is 0 Å². The van der Waals surface area contributed by atoms with Gasteiger partial charge in [0.1, 0.15) is 11.6 Å². The predicted octanol–water partition coefficient (Wildman–Crippen LogP) is 3.42. The van der Waals surface area contributed by atoms with Crippen LogP contribution in [0.3, 0.4) is 0 Å². The molecule has 1 N–H and O–H groups in total. The summed E-state index contributed by atoms with van der Waals surface area (Å²) in [6.07, 6.45) is 0. The minimum absolute atomic E-state index is 0.0779. The number of carbonyl (C=O) groups is 2. The van der Waals surface area contributed by atoms with Gasteiger partial charge in [-0.25, -0.2) is 8.78 Å². The average molecular weight is 345 g/mol. The van der Waals surface area contributed by atoms with Gasteiger partial charge in [0, 0.05) is 13.1 Å². The molecule has 1 aliphatic rings. The van der Waals surface area contributed by atoms with Crippen LogP contribution < -0.4 is 0 Å². The summed E-state index contributed by atoms with van der Waals surface area (Å²) in [6.45, 7) is 2.13. The third-order valence-electron chi connectivity index (χ3n) is 4.59. The van der Waals surface area contributed by atoms with Crippen LogP contribution in [0.25, 0.3) is 11.1 Å². The normalized spacial score (nSPS) is 19.9. The number of rotatable bonds is 3. The lowest BCUT2D eigenvalue weighted by atomic mass is 9.99. The molecule has 0 aliphatic carbocycles. The Bertz CT molecular complexity index is 820. The van der Waals surface area contributed by atoms with E-state index in [4.69, 9.17) is 5.11 Å². The van der Waals surface area contributed by atoms with Crippen molar-refractivity contribution < 1.29 is 23.5 Å². The lowest BCUT2D eigenvalue weighted by molar-refractivity contribution is -0.142. The van der Waals surface area contributed by atoms with Crippen molar-refractivity contribution in [3.05, 3.63) is 59.7 Å². The van der Waals surface area contributed by atoms with E-state index in [1.54, 1.807) is 13.0 Å². The molecule has 1 aliphatic heterocycles. The number of amides is 1. The average Bonchev–Trinajstić information content (AvgIpc) is 2.97. The molecular formula is C19H17F2NO3. The number of hydrogen-bond acceptors (Lipinski definition) is 2. The van der Waals surface area contributed by atoms with Crippen molar-refractivity contribution in [3.63, 3.8) is 0 Å². The van der Waals surface area contributed by atoms with Crippen molar-refractivity contribution in [1.82, 2.24) is 4.90 Å². The van der Waals surface area contributed by atoms with Crippen LogP contribution in [-0.2, 0) is 4.79 Å². The van der Waals surface area contributed by atoms with Gasteiger partial charge < -0.3 is 10.0 Å². The van der Waals surface area contributed by atoms with Gasteiger partial charge in [0.25, 0.3) is 5.91 Å². The molecule has 2 atom stereocenters. The van der Waals surface area contributed by atoms with Crippen molar-refractivity contribution >= 4 is 11.9 Å². The number of carboxylic acid groups (broad SMARTS) is 1. The zero-order valence-electron chi connectivity index (χ0n) is 13.6. The number of carbonyl (C=O) groups excluding carboxylic acids is 1.